The van der Waals surface area contributed by atoms with Crippen molar-refractivity contribution < 1.29 is 4.79 Å². The van der Waals surface area contributed by atoms with Gasteiger partial charge in [-0.3, -0.25) is 9.89 Å². The van der Waals surface area contributed by atoms with Gasteiger partial charge in [0.25, 0.3) is 5.91 Å². The number of pyridine rings is 1. The first-order valence-electron chi connectivity index (χ1n) is 3.59. The molecule has 0 aliphatic rings. The number of anilines is 1. The number of nitrogens with one attached hydrogen (secondary N) is 1. The molecule has 5 N–H and O–H groups in total. The van der Waals surface area contributed by atoms with E-state index >= 15 is 0 Å². The predicted octanol–water partition coefficient (Wildman–Crippen LogP) is -0.361. The van der Waals surface area contributed by atoms with Crippen LogP contribution in [0, 0.1) is 0 Å². The lowest BCUT2D eigenvalue weighted by atomic mass is 10.3. The monoisotopic (exact) mass is 177 g/mol. The number of H-pyrrole nitrogens is 1. The molecule has 0 saturated carbocycles. The zero-order valence-corrected chi connectivity index (χ0v) is 6.61. The minimum Gasteiger partial charge on any atom is -0.380 e. The van der Waals surface area contributed by atoms with Gasteiger partial charge in [-0.1, -0.05) is 0 Å². The van der Waals surface area contributed by atoms with Crippen molar-refractivity contribution in [1.82, 2.24) is 15.2 Å². The van der Waals surface area contributed by atoms with Crippen molar-refractivity contribution in [3.63, 3.8) is 0 Å². The zero-order chi connectivity index (χ0) is 9.42. The van der Waals surface area contributed by atoms with Crippen molar-refractivity contribution in [1.29, 1.82) is 0 Å². The highest BCUT2D eigenvalue weighted by Crippen LogP contribution is 2.14. The first-order valence-corrected chi connectivity index (χ1v) is 3.59. The molecule has 0 atom stereocenters. The maximum Gasteiger partial charge on any atom is 0.267 e. The lowest BCUT2D eigenvalue weighted by molar-refractivity contribution is 0.0996. The van der Waals surface area contributed by atoms with Gasteiger partial charge in [0.05, 0.1) is 5.52 Å². The minimum absolute atomic E-state index is 0.181. The van der Waals surface area contributed by atoms with E-state index in [0.29, 0.717) is 11.0 Å². The number of nitrogen functional groups attached to an aromatic ring is 1. The van der Waals surface area contributed by atoms with Crippen molar-refractivity contribution >= 4 is 22.8 Å². The number of rotatable bonds is 1. The third-order valence-corrected chi connectivity index (χ3v) is 1.69. The molecule has 1 amide bonds. The van der Waals surface area contributed by atoms with Crippen LogP contribution in [0.5, 0.6) is 0 Å². The van der Waals surface area contributed by atoms with Crippen molar-refractivity contribution in [3.05, 3.63) is 17.8 Å². The third kappa shape index (κ3) is 1.08. The number of hydrogen-bond donors (Lipinski definition) is 3. The van der Waals surface area contributed by atoms with Gasteiger partial charge in [-0.25, -0.2) is 4.98 Å². The summed E-state index contributed by atoms with van der Waals surface area (Å²) in [5.41, 5.74) is 11.9. The average Bonchev–Trinajstić information content (AvgIpc) is 2.47. The lowest BCUT2D eigenvalue weighted by Gasteiger charge is -1.93. The van der Waals surface area contributed by atoms with Crippen molar-refractivity contribution in [2.45, 2.75) is 0 Å². The molecule has 13 heavy (non-hydrogen) atoms. The number of aromatic nitrogens is 3. The summed E-state index contributed by atoms with van der Waals surface area (Å²) < 4.78 is 0. The second-order valence-electron chi connectivity index (χ2n) is 2.57. The Hall–Kier alpha value is -2.11. The fourth-order valence-electron chi connectivity index (χ4n) is 1.06. The maximum atomic E-state index is 10.8. The van der Waals surface area contributed by atoms with Gasteiger partial charge in [0.15, 0.2) is 5.82 Å². The Labute approximate surface area is 72.9 Å². The van der Waals surface area contributed by atoms with Crippen LogP contribution < -0.4 is 11.5 Å². The summed E-state index contributed by atoms with van der Waals surface area (Å²) >= 11 is 0. The molecule has 2 aromatic rings. The highest BCUT2D eigenvalue weighted by atomic mass is 16.1. The van der Waals surface area contributed by atoms with Crippen LogP contribution in [-0.2, 0) is 0 Å². The summed E-state index contributed by atoms with van der Waals surface area (Å²) in [4.78, 5) is 14.7. The van der Waals surface area contributed by atoms with E-state index in [0.717, 1.165) is 0 Å². The highest BCUT2D eigenvalue weighted by molar-refractivity contribution is 5.94. The molecule has 0 saturated heterocycles. The number of amides is 1. The Bertz CT molecular complexity index is 475. The van der Waals surface area contributed by atoms with Gasteiger partial charge in [-0.05, 0) is 12.1 Å². The summed E-state index contributed by atoms with van der Waals surface area (Å²) in [6.07, 6.45) is 0. The Morgan fingerprint density at radius 3 is 2.92 bits per heavy atom. The molecule has 66 valence electrons. The van der Waals surface area contributed by atoms with Gasteiger partial charge >= 0.3 is 0 Å². The van der Waals surface area contributed by atoms with Crippen molar-refractivity contribution in [3.8, 4) is 0 Å². The first kappa shape index (κ1) is 7.53. The Balaban J connectivity index is 2.72. The summed E-state index contributed by atoms with van der Waals surface area (Å²) in [7, 11) is 0. The molecule has 6 heteroatoms. The number of primary amides is 1. The Morgan fingerprint density at radius 1 is 1.46 bits per heavy atom. The normalized spacial score (nSPS) is 10.5. The number of nitrogens with two attached hydrogens (primary N) is 2. The van der Waals surface area contributed by atoms with Crippen LogP contribution in [0.15, 0.2) is 12.1 Å². The molecule has 0 radical (unpaired) electrons. The largest absolute Gasteiger partial charge is 0.380 e. The smallest absolute Gasteiger partial charge is 0.267 e. The van der Waals surface area contributed by atoms with E-state index < -0.39 is 5.91 Å². The standard InChI is InChI=1S/C7H7N5O/c8-6-5-3(11-12-6)1-2-4(10-5)7(9)13/h1-2H,(H2,9,13)(H3,8,11,12). The molecule has 0 aromatic carbocycles. The molecule has 2 aromatic heterocycles. The number of aromatic amines is 1. The minimum atomic E-state index is -0.581. The molecule has 6 nitrogen and oxygen atoms in total. The van der Waals surface area contributed by atoms with Crippen LogP contribution >= 0.6 is 0 Å². The molecule has 0 aliphatic heterocycles. The van der Waals surface area contributed by atoms with E-state index in [1.165, 1.54) is 6.07 Å². The molecule has 2 heterocycles. The molecule has 0 spiro atoms. The molecule has 0 bridgehead atoms. The van der Waals surface area contributed by atoms with Crippen LogP contribution in [0.1, 0.15) is 10.5 Å². The number of fused-ring (bicyclic) bond motifs is 1. The van der Waals surface area contributed by atoms with Gasteiger partial charge in [0.2, 0.25) is 0 Å². The number of nitrogens with zero attached hydrogens (tertiary/aromatic N) is 2. The maximum absolute atomic E-state index is 10.8. The SMILES string of the molecule is NC(=O)c1ccc2[nH]nc(N)c2n1. The average molecular weight is 177 g/mol. The number of carbonyl (C=O) groups excluding carboxylic acids is 1. The lowest BCUT2D eigenvalue weighted by Crippen LogP contribution is -2.12. The summed E-state index contributed by atoms with van der Waals surface area (Å²) in [5, 5.41) is 6.40. The van der Waals surface area contributed by atoms with Crippen LogP contribution in [-0.4, -0.2) is 21.1 Å². The van der Waals surface area contributed by atoms with Gasteiger partial charge < -0.3 is 11.5 Å². The molecular weight excluding hydrogens is 170 g/mol. The van der Waals surface area contributed by atoms with E-state index in [1.807, 2.05) is 0 Å². The molecule has 0 unspecified atom stereocenters. The second kappa shape index (κ2) is 2.44. The third-order valence-electron chi connectivity index (χ3n) is 1.69. The Morgan fingerprint density at radius 2 is 2.23 bits per heavy atom. The zero-order valence-electron chi connectivity index (χ0n) is 6.61. The Kier molecular flexibility index (Phi) is 1.42. The van der Waals surface area contributed by atoms with Gasteiger partial charge in [0, 0.05) is 0 Å². The van der Waals surface area contributed by atoms with Crippen LogP contribution in [0.3, 0.4) is 0 Å². The van der Waals surface area contributed by atoms with E-state index in [2.05, 4.69) is 15.2 Å². The molecule has 0 aliphatic carbocycles. The van der Waals surface area contributed by atoms with E-state index in [9.17, 15) is 4.79 Å². The predicted molar refractivity (Wildman–Crippen MR) is 46.8 cm³/mol. The van der Waals surface area contributed by atoms with Gasteiger partial charge in [-0.15, -0.1) is 0 Å². The van der Waals surface area contributed by atoms with E-state index in [1.54, 1.807) is 6.07 Å². The topological polar surface area (TPSA) is 111 Å². The fourth-order valence-corrected chi connectivity index (χ4v) is 1.06. The highest BCUT2D eigenvalue weighted by Gasteiger charge is 2.07. The molecule has 2 rings (SSSR count). The fraction of sp³-hybridized carbons (Fsp3) is 0. The molecular formula is C7H7N5O. The first-order chi connectivity index (χ1) is 6.18. The van der Waals surface area contributed by atoms with Crippen LogP contribution in [0.4, 0.5) is 5.82 Å². The van der Waals surface area contributed by atoms with Crippen molar-refractivity contribution in [2.75, 3.05) is 5.73 Å². The van der Waals surface area contributed by atoms with Crippen molar-refractivity contribution in [2.24, 2.45) is 5.73 Å². The van der Waals surface area contributed by atoms with Gasteiger partial charge in [0.1, 0.15) is 11.2 Å². The summed E-state index contributed by atoms with van der Waals surface area (Å²) in [5.74, 6) is -0.319. The van der Waals surface area contributed by atoms with E-state index in [4.69, 9.17) is 11.5 Å². The van der Waals surface area contributed by atoms with Gasteiger partial charge in [-0.2, -0.15) is 5.10 Å². The quantitative estimate of drug-likeness (QED) is 0.552. The molecule has 0 fully saturated rings. The van der Waals surface area contributed by atoms with E-state index in [-0.39, 0.29) is 11.5 Å². The second-order valence-corrected chi connectivity index (χ2v) is 2.57. The summed E-state index contributed by atoms with van der Waals surface area (Å²) in [6.45, 7) is 0. The number of hydrogen-bond acceptors (Lipinski definition) is 4. The van der Waals surface area contributed by atoms with Crippen LogP contribution in [0.2, 0.25) is 0 Å². The van der Waals surface area contributed by atoms with Crippen LogP contribution in [0.25, 0.3) is 11.0 Å². The number of carbonyl (C=O) groups is 1. The summed E-state index contributed by atoms with van der Waals surface area (Å²) in [6, 6.07) is 3.17.